The van der Waals surface area contributed by atoms with Gasteiger partial charge in [-0.2, -0.15) is 0 Å². The Hall–Kier alpha value is -2.82. The van der Waals surface area contributed by atoms with Gasteiger partial charge in [0.2, 0.25) is 0 Å². The number of hydrogen-bond donors (Lipinski definition) is 2. The maximum atomic E-state index is 12.3. The molecule has 0 radical (unpaired) electrons. The van der Waals surface area contributed by atoms with Gasteiger partial charge < -0.3 is 15.4 Å². The zero-order valence-electron chi connectivity index (χ0n) is 16.4. The van der Waals surface area contributed by atoms with Gasteiger partial charge in [-0.15, -0.1) is 0 Å². The van der Waals surface area contributed by atoms with Crippen molar-refractivity contribution in [2.45, 2.75) is 51.5 Å². The molecule has 0 aliphatic heterocycles. The molecule has 2 aromatic carbocycles. The molecule has 1 saturated carbocycles. The van der Waals surface area contributed by atoms with Crippen molar-refractivity contribution in [2.75, 3.05) is 11.9 Å². The van der Waals surface area contributed by atoms with Gasteiger partial charge in [0.15, 0.2) is 6.61 Å². The number of amides is 2. The van der Waals surface area contributed by atoms with Crippen molar-refractivity contribution in [1.82, 2.24) is 5.32 Å². The molecule has 0 atom stereocenters. The predicted octanol–water partition coefficient (Wildman–Crippen LogP) is 4.33. The lowest BCUT2D eigenvalue weighted by Gasteiger charge is -2.22. The second-order valence-corrected chi connectivity index (χ2v) is 7.22. The van der Waals surface area contributed by atoms with Crippen LogP contribution in [0.4, 0.5) is 5.69 Å². The second kappa shape index (κ2) is 9.93. The molecule has 0 aromatic heterocycles. The van der Waals surface area contributed by atoms with Crippen LogP contribution in [0.25, 0.3) is 0 Å². The summed E-state index contributed by atoms with van der Waals surface area (Å²) in [6, 6.07) is 14.9. The van der Waals surface area contributed by atoms with Crippen LogP contribution in [-0.4, -0.2) is 24.5 Å². The van der Waals surface area contributed by atoms with Crippen molar-refractivity contribution in [3.8, 4) is 5.75 Å². The highest BCUT2D eigenvalue weighted by Gasteiger charge is 2.16. The first-order chi connectivity index (χ1) is 13.6. The molecular weight excluding hydrogens is 352 g/mol. The van der Waals surface area contributed by atoms with E-state index in [2.05, 4.69) is 17.6 Å². The van der Waals surface area contributed by atoms with Crippen LogP contribution in [0.5, 0.6) is 5.75 Å². The van der Waals surface area contributed by atoms with E-state index in [1.54, 1.807) is 24.3 Å². The Bertz CT molecular complexity index is 778. The number of hydrogen-bond acceptors (Lipinski definition) is 3. The average Bonchev–Trinajstić information content (AvgIpc) is 2.74. The third kappa shape index (κ3) is 5.84. The largest absolute Gasteiger partial charge is 0.484 e. The Labute approximate surface area is 166 Å². The summed E-state index contributed by atoms with van der Waals surface area (Å²) in [5, 5.41) is 5.91. The van der Waals surface area contributed by atoms with E-state index in [9.17, 15) is 9.59 Å². The molecule has 2 amide bonds. The van der Waals surface area contributed by atoms with Crippen LogP contribution >= 0.6 is 0 Å². The third-order valence-electron chi connectivity index (χ3n) is 5.07. The Morgan fingerprint density at radius 1 is 0.964 bits per heavy atom. The van der Waals surface area contributed by atoms with E-state index in [0.29, 0.717) is 11.3 Å². The maximum Gasteiger partial charge on any atom is 0.262 e. The molecule has 0 bridgehead atoms. The molecule has 2 N–H and O–H groups in total. The van der Waals surface area contributed by atoms with Gasteiger partial charge in [-0.1, -0.05) is 38.3 Å². The van der Waals surface area contributed by atoms with Gasteiger partial charge in [0.05, 0.1) is 0 Å². The van der Waals surface area contributed by atoms with Crippen LogP contribution in [0.3, 0.4) is 0 Å². The minimum atomic E-state index is -0.219. The number of rotatable bonds is 7. The number of benzene rings is 2. The number of nitrogens with one attached hydrogen (secondary N) is 2. The molecule has 0 unspecified atom stereocenters. The second-order valence-electron chi connectivity index (χ2n) is 7.22. The molecular formula is C23H28N2O3. The normalized spacial score (nSPS) is 14.3. The third-order valence-corrected chi connectivity index (χ3v) is 5.07. The molecule has 3 rings (SSSR count). The average molecular weight is 380 g/mol. The van der Waals surface area contributed by atoms with Gasteiger partial charge in [0.1, 0.15) is 5.75 Å². The molecule has 1 aliphatic carbocycles. The van der Waals surface area contributed by atoms with Crippen molar-refractivity contribution in [2.24, 2.45) is 0 Å². The zero-order chi connectivity index (χ0) is 19.8. The Morgan fingerprint density at radius 3 is 2.29 bits per heavy atom. The van der Waals surface area contributed by atoms with Gasteiger partial charge in [-0.3, -0.25) is 9.59 Å². The SMILES string of the molecule is CCc1ccc(NC(=O)COc2ccc(C(=O)NC3CCCCC3)cc2)cc1. The monoisotopic (exact) mass is 380 g/mol. The van der Waals surface area contributed by atoms with E-state index in [0.717, 1.165) is 24.9 Å². The maximum absolute atomic E-state index is 12.3. The van der Waals surface area contributed by atoms with Crippen molar-refractivity contribution in [3.05, 3.63) is 59.7 Å². The highest BCUT2D eigenvalue weighted by atomic mass is 16.5. The summed E-state index contributed by atoms with van der Waals surface area (Å²) in [5.41, 5.74) is 2.58. The molecule has 1 fully saturated rings. The molecule has 1 aliphatic rings. The summed E-state index contributed by atoms with van der Waals surface area (Å²) < 4.78 is 5.53. The van der Waals surface area contributed by atoms with Crippen molar-refractivity contribution in [3.63, 3.8) is 0 Å². The fraction of sp³-hybridized carbons (Fsp3) is 0.391. The van der Waals surface area contributed by atoms with Gasteiger partial charge in [-0.05, 0) is 61.2 Å². The lowest BCUT2D eigenvalue weighted by Crippen LogP contribution is -2.36. The molecule has 0 heterocycles. The lowest BCUT2D eigenvalue weighted by molar-refractivity contribution is -0.118. The fourth-order valence-electron chi connectivity index (χ4n) is 3.39. The first kappa shape index (κ1) is 19.9. The summed E-state index contributed by atoms with van der Waals surface area (Å²) in [5.74, 6) is 0.292. The minimum absolute atomic E-state index is 0.0493. The molecule has 2 aromatic rings. The first-order valence-electron chi connectivity index (χ1n) is 10.1. The van der Waals surface area contributed by atoms with Crippen LogP contribution in [0.15, 0.2) is 48.5 Å². The summed E-state index contributed by atoms with van der Waals surface area (Å²) in [6.45, 7) is 2.01. The minimum Gasteiger partial charge on any atom is -0.484 e. The van der Waals surface area contributed by atoms with Gasteiger partial charge in [0.25, 0.3) is 11.8 Å². The zero-order valence-corrected chi connectivity index (χ0v) is 16.4. The highest BCUT2D eigenvalue weighted by molar-refractivity contribution is 5.94. The standard InChI is InChI=1S/C23H28N2O3/c1-2-17-8-12-20(13-9-17)24-22(26)16-28-21-14-10-18(11-15-21)23(27)25-19-6-4-3-5-7-19/h8-15,19H,2-7,16H2,1H3,(H,24,26)(H,25,27). The fourth-order valence-corrected chi connectivity index (χ4v) is 3.39. The van der Waals surface area contributed by atoms with Gasteiger partial charge in [-0.25, -0.2) is 0 Å². The lowest BCUT2D eigenvalue weighted by atomic mass is 9.95. The Balaban J connectivity index is 1.45. The van der Waals surface area contributed by atoms with Crippen LogP contribution < -0.4 is 15.4 Å². The molecule has 5 heteroatoms. The van der Waals surface area contributed by atoms with E-state index < -0.39 is 0 Å². The number of carbonyl (C=O) groups excluding carboxylic acids is 2. The van der Waals surface area contributed by atoms with E-state index in [1.807, 2.05) is 24.3 Å². The summed E-state index contributed by atoms with van der Waals surface area (Å²) >= 11 is 0. The molecule has 28 heavy (non-hydrogen) atoms. The first-order valence-corrected chi connectivity index (χ1v) is 10.1. The summed E-state index contributed by atoms with van der Waals surface area (Å²) in [6.07, 6.45) is 6.71. The molecule has 0 saturated heterocycles. The molecule has 5 nitrogen and oxygen atoms in total. The smallest absolute Gasteiger partial charge is 0.262 e. The topological polar surface area (TPSA) is 67.4 Å². The van der Waals surface area contributed by atoms with Crippen LogP contribution in [0, 0.1) is 0 Å². The number of carbonyl (C=O) groups is 2. The van der Waals surface area contributed by atoms with Crippen molar-refractivity contribution >= 4 is 17.5 Å². The van der Waals surface area contributed by atoms with Crippen LogP contribution in [-0.2, 0) is 11.2 Å². The Kier molecular flexibility index (Phi) is 7.06. The van der Waals surface area contributed by atoms with Crippen LogP contribution in [0.1, 0.15) is 54.9 Å². The molecule has 148 valence electrons. The number of aryl methyl sites for hydroxylation is 1. The van der Waals surface area contributed by atoms with Gasteiger partial charge >= 0.3 is 0 Å². The van der Waals surface area contributed by atoms with Gasteiger partial charge in [0, 0.05) is 17.3 Å². The number of ether oxygens (including phenoxy) is 1. The highest BCUT2D eigenvalue weighted by Crippen LogP contribution is 2.18. The van der Waals surface area contributed by atoms with E-state index >= 15 is 0 Å². The van der Waals surface area contributed by atoms with Crippen molar-refractivity contribution in [1.29, 1.82) is 0 Å². The number of anilines is 1. The molecule has 0 spiro atoms. The Morgan fingerprint density at radius 2 is 1.64 bits per heavy atom. The van der Waals surface area contributed by atoms with E-state index in [4.69, 9.17) is 4.74 Å². The summed E-state index contributed by atoms with van der Waals surface area (Å²) in [7, 11) is 0. The van der Waals surface area contributed by atoms with E-state index in [-0.39, 0.29) is 24.5 Å². The quantitative estimate of drug-likeness (QED) is 0.751. The van der Waals surface area contributed by atoms with E-state index in [1.165, 1.54) is 24.8 Å². The van der Waals surface area contributed by atoms with Crippen molar-refractivity contribution < 1.29 is 14.3 Å². The van der Waals surface area contributed by atoms with Crippen LogP contribution in [0.2, 0.25) is 0 Å². The predicted molar refractivity (Wildman–Crippen MR) is 111 cm³/mol. The summed E-state index contributed by atoms with van der Waals surface area (Å²) in [4.78, 5) is 24.4.